The molecule has 11 heavy (non-hydrogen) atoms. The van der Waals surface area contributed by atoms with Gasteiger partial charge in [0.1, 0.15) is 0 Å². The summed E-state index contributed by atoms with van der Waals surface area (Å²) < 4.78 is 4.41. The molecule has 0 spiro atoms. The molecule has 0 saturated heterocycles. The lowest BCUT2D eigenvalue weighted by Gasteiger charge is -1.97. The van der Waals surface area contributed by atoms with Gasteiger partial charge >= 0.3 is 5.97 Å². The summed E-state index contributed by atoms with van der Waals surface area (Å²) in [5.41, 5.74) is 0.451. The molecule has 0 fully saturated rings. The Kier molecular flexibility index (Phi) is 2.86. The van der Waals surface area contributed by atoms with E-state index in [2.05, 4.69) is 4.52 Å². The van der Waals surface area contributed by atoms with Crippen molar-refractivity contribution in [1.29, 1.82) is 0 Å². The van der Waals surface area contributed by atoms with Crippen LogP contribution in [-0.2, 0) is 4.52 Å². The molecule has 0 aliphatic rings. The molecule has 1 unspecified atom stereocenters. The highest BCUT2D eigenvalue weighted by Gasteiger charge is 2.03. The van der Waals surface area contributed by atoms with E-state index in [-0.39, 0.29) is 0 Å². The Labute approximate surface area is 71.8 Å². The predicted octanol–water partition coefficient (Wildman–Crippen LogP) is 2.29. The first-order chi connectivity index (χ1) is 5.24. The Morgan fingerprint density at radius 3 is 2.82 bits per heavy atom. The number of rotatable bonds is 1. The normalized spacial score (nSPS) is 9.27. The first kappa shape index (κ1) is 8.51. The van der Waals surface area contributed by atoms with Crippen LogP contribution in [-0.4, -0.2) is 5.97 Å². The van der Waals surface area contributed by atoms with Crippen LogP contribution in [0.1, 0.15) is 10.4 Å². The van der Waals surface area contributed by atoms with E-state index in [4.69, 9.17) is 11.6 Å². The van der Waals surface area contributed by atoms with Gasteiger partial charge in [0.05, 0.1) is 15.0 Å². The summed E-state index contributed by atoms with van der Waals surface area (Å²) in [4.78, 5) is 10.9. The molecule has 1 aromatic rings. The smallest absolute Gasteiger partial charge is 0.340 e. The minimum Gasteiger partial charge on any atom is -0.448 e. The van der Waals surface area contributed by atoms with Crippen molar-refractivity contribution in [2.75, 3.05) is 0 Å². The van der Waals surface area contributed by atoms with Crippen molar-refractivity contribution in [1.82, 2.24) is 0 Å². The second-order valence-electron chi connectivity index (χ2n) is 1.92. The average Bonchev–Trinajstić information content (AvgIpc) is 2.03. The monoisotopic (exact) mass is 188 g/mol. The van der Waals surface area contributed by atoms with Crippen LogP contribution >= 0.6 is 21.1 Å². The van der Waals surface area contributed by atoms with Gasteiger partial charge in [-0.05, 0) is 18.2 Å². The Hall–Kier alpha value is -0.590. The van der Waals surface area contributed by atoms with E-state index < -0.39 is 5.97 Å². The fraction of sp³-hybridized carbons (Fsp3) is 0. The molecule has 0 bridgehead atoms. The number of hydrogen-bond donors (Lipinski definition) is 0. The van der Waals surface area contributed by atoms with Crippen molar-refractivity contribution < 1.29 is 9.32 Å². The van der Waals surface area contributed by atoms with Crippen LogP contribution in [0.4, 0.5) is 0 Å². The summed E-state index contributed by atoms with van der Waals surface area (Å²) in [6, 6.07) is 6.58. The van der Waals surface area contributed by atoms with Crippen LogP contribution < -0.4 is 0 Å². The maximum Gasteiger partial charge on any atom is 0.340 e. The molecule has 0 amide bonds. The van der Waals surface area contributed by atoms with Crippen molar-refractivity contribution >= 4 is 27.0 Å². The Morgan fingerprint density at radius 1 is 1.55 bits per heavy atom. The molecule has 58 valence electrons. The lowest BCUT2D eigenvalue weighted by Crippen LogP contribution is -1.96. The number of benzene rings is 1. The number of carbonyl (C=O) groups is 1. The van der Waals surface area contributed by atoms with Gasteiger partial charge in [0.25, 0.3) is 0 Å². The van der Waals surface area contributed by atoms with Crippen LogP contribution in [0.25, 0.3) is 0 Å². The van der Waals surface area contributed by atoms with Gasteiger partial charge in [-0.2, -0.15) is 0 Å². The van der Waals surface area contributed by atoms with E-state index >= 15 is 0 Å². The third kappa shape index (κ3) is 2.18. The van der Waals surface area contributed by atoms with Gasteiger partial charge in [-0.1, -0.05) is 17.7 Å². The van der Waals surface area contributed by atoms with Gasteiger partial charge in [-0.25, -0.2) is 4.79 Å². The van der Waals surface area contributed by atoms with Gasteiger partial charge in [0.2, 0.25) is 0 Å². The van der Waals surface area contributed by atoms with Crippen LogP contribution in [0.3, 0.4) is 0 Å². The zero-order valence-electron chi connectivity index (χ0n) is 5.58. The standard InChI is InChI=1S/C7H6ClO2P/c8-6-3-1-2-5(4-6)7(9)10-11/h1-4H,11H2. The number of halogens is 1. The molecule has 1 rings (SSSR count). The van der Waals surface area contributed by atoms with Gasteiger partial charge < -0.3 is 4.52 Å². The topological polar surface area (TPSA) is 26.3 Å². The van der Waals surface area contributed by atoms with Crippen LogP contribution in [0.15, 0.2) is 24.3 Å². The van der Waals surface area contributed by atoms with Crippen molar-refractivity contribution in [3.05, 3.63) is 34.9 Å². The Bertz CT molecular complexity index is 275. The fourth-order valence-electron chi connectivity index (χ4n) is 0.683. The van der Waals surface area contributed by atoms with Gasteiger partial charge in [0.15, 0.2) is 0 Å². The molecule has 1 atom stereocenters. The van der Waals surface area contributed by atoms with Gasteiger partial charge in [0, 0.05) is 5.02 Å². The first-order valence-electron chi connectivity index (χ1n) is 2.90. The predicted molar refractivity (Wildman–Crippen MR) is 46.6 cm³/mol. The highest BCUT2D eigenvalue weighted by molar-refractivity contribution is 7.10. The zero-order valence-corrected chi connectivity index (χ0v) is 7.49. The molecule has 0 saturated carbocycles. The van der Waals surface area contributed by atoms with Crippen LogP contribution in [0, 0.1) is 0 Å². The Morgan fingerprint density at radius 2 is 2.27 bits per heavy atom. The molecule has 2 nitrogen and oxygen atoms in total. The van der Waals surface area contributed by atoms with E-state index in [1.165, 1.54) is 0 Å². The lowest BCUT2D eigenvalue weighted by atomic mass is 10.2. The van der Waals surface area contributed by atoms with Crippen molar-refractivity contribution in [2.45, 2.75) is 0 Å². The van der Waals surface area contributed by atoms with E-state index in [9.17, 15) is 4.79 Å². The molecular weight excluding hydrogens is 183 g/mol. The van der Waals surface area contributed by atoms with E-state index in [1.807, 2.05) is 9.47 Å². The SMILES string of the molecule is O=C(OP)c1cccc(Cl)c1. The van der Waals surface area contributed by atoms with E-state index in [0.717, 1.165) is 0 Å². The third-order valence-corrected chi connectivity index (χ3v) is 1.62. The van der Waals surface area contributed by atoms with Gasteiger partial charge in [-0.3, -0.25) is 0 Å². The summed E-state index contributed by atoms with van der Waals surface area (Å²) in [5, 5.41) is 0.526. The average molecular weight is 189 g/mol. The van der Waals surface area contributed by atoms with Crippen LogP contribution in [0.2, 0.25) is 5.02 Å². The molecule has 0 aromatic heterocycles. The van der Waals surface area contributed by atoms with Crippen molar-refractivity contribution in [3.63, 3.8) is 0 Å². The highest BCUT2D eigenvalue weighted by atomic mass is 35.5. The third-order valence-electron chi connectivity index (χ3n) is 1.17. The highest BCUT2D eigenvalue weighted by Crippen LogP contribution is 2.12. The maximum atomic E-state index is 10.9. The first-order valence-corrected chi connectivity index (χ1v) is 3.75. The van der Waals surface area contributed by atoms with Gasteiger partial charge in [-0.15, -0.1) is 0 Å². The minimum atomic E-state index is -0.405. The Balaban J connectivity index is 2.96. The molecule has 0 heterocycles. The fourth-order valence-corrected chi connectivity index (χ4v) is 1.01. The summed E-state index contributed by atoms with van der Waals surface area (Å²) in [7, 11) is 1.89. The molecular formula is C7H6ClO2P. The minimum absolute atomic E-state index is 0.405. The molecule has 1 aromatic carbocycles. The lowest BCUT2D eigenvalue weighted by molar-refractivity contribution is 0.0765. The van der Waals surface area contributed by atoms with Crippen molar-refractivity contribution in [3.8, 4) is 0 Å². The summed E-state index contributed by atoms with van der Waals surface area (Å²) in [6.07, 6.45) is 0. The zero-order chi connectivity index (χ0) is 8.27. The maximum absolute atomic E-state index is 10.9. The number of carbonyl (C=O) groups excluding carboxylic acids is 1. The van der Waals surface area contributed by atoms with E-state index in [0.29, 0.717) is 10.6 Å². The molecule has 0 radical (unpaired) electrons. The molecule has 0 aliphatic heterocycles. The van der Waals surface area contributed by atoms with E-state index in [1.54, 1.807) is 24.3 Å². The summed E-state index contributed by atoms with van der Waals surface area (Å²) in [5.74, 6) is -0.405. The second-order valence-corrected chi connectivity index (χ2v) is 2.59. The van der Waals surface area contributed by atoms with Crippen LogP contribution in [0.5, 0.6) is 0 Å². The summed E-state index contributed by atoms with van der Waals surface area (Å²) in [6.45, 7) is 0. The quantitative estimate of drug-likeness (QED) is 0.632. The summed E-state index contributed by atoms with van der Waals surface area (Å²) >= 11 is 5.63. The largest absolute Gasteiger partial charge is 0.448 e. The molecule has 0 N–H and O–H groups in total. The molecule has 4 heteroatoms. The molecule has 0 aliphatic carbocycles. The van der Waals surface area contributed by atoms with Crippen molar-refractivity contribution in [2.24, 2.45) is 0 Å². The number of hydrogen-bond acceptors (Lipinski definition) is 2. The second kappa shape index (κ2) is 3.70.